The van der Waals surface area contributed by atoms with Crippen LogP contribution < -0.4 is 10.6 Å². The third-order valence-corrected chi connectivity index (χ3v) is 4.86. The van der Waals surface area contributed by atoms with Gasteiger partial charge in [-0.2, -0.15) is 0 Å². The number of aryl methyl sites for hydroxylation is 1. The van der Waals surface area contributed by atoms with E-state index < -0.39 is 0 Å². The van der Waals surface area contributed by atoms with Crippen LogP contribution in [0, 0.1) is 6.92 Å². The number of aromatic nitrogens is 2. The summed E-state index contributed by atoms with van der Waals surface area (Å²) in [7, 11) is 0. The number of carbonyl (C=O) groups excluding carboxylic acids is 2. The Hall–Kier alpha value is -3.94. The van der Waals surface area contributed by atoms with Crippen molar-refractivity contribution in [1.29, 1.82) is 0 Å². The first kappa shape index (κ1) is 20.3. The summed E-state index contributed by atoms with van der Waals surface area (Å²) >= 11 is 0. The number of nitrogens with zero attached hydrogens (tertiary/aromatic N) is 2. The maximum atomic E-state index is 13.0. The number of carbonyl (C=O) groups is 2. The zero-order valence-electron chi connectivity index (χ0n) is 17.4. The van der Waals surface area contributed by atoms with Crippen molar-refractivity contribution < 1.29 is 18.5 Å². The highest BCUT2D eigenvalue weighted by Crippen LogP contribution is 2.25. The van der Waals surface area contributed by atoms with Gasteiger partial charge in [0, 0.05) is 17.9 Å². The van der Waals surface area contributed by atoms with Gasteiger partial charge < -0.3 is 19.6 Å². The minimum atomic E-state index is -0.338. The molecule has 1 aromatic carbocycles. The minimum absolute atomic E-state index is 0.135. The molecule has 0 radical (unpaired) electrons. The zero-order chi connectivity index (χ0) is 22.0. The van der Waals surface area contributed by atoms with Crippen LogP contribution in [0.25, 0.3) is 11.1 Å². The molecule has 0 aliphatic heterocycles. The summed E-state index contributed by atoms with van der Waals surface area (Å²) in [5.74, 6) is -0.221. The third kappa shape index (κ3) is 4.32. The SMILES string of the molecule is Cc1noc2nc(C(C)C)cc(C(=O)NCc3cccc(NC(=O)c4ccco4)c3)c12. The van der Waals surface area contributed by atoms with Crippen molar-refractivity contribution in [2.75, 3.05) is 5.32 Å². The van der Waals surface area contributed by atoms with Crippen molar-refractivity contribution >= 4 is 28.6 Å². The fourth-order valence-corrected chi connectivity index (χ4v) is 3.23. The number of benzene rings is 1. The van der Waals surface area contributed by atoms with Crippen LogP contribution in [0.5, 0.6) is 0 Å². The summed E-state index contributed by atoms with van der Waals surface area (Å²) in [6.45, 7) is 6.07. The van der Waals surface area contributed by atoms with Gasteiger partial charge in [-0.25, -0.2) is 4.98 Å². The van der Waals surface area contributed by atoms with Crippen LogP contribution in [0.4, 0.5) is 5.69 Å². The second-order valence-corrected chi connectivity index (χ2v) is 7.51. The van der Waals surface area contributed by atoms with Crippen molar-refractivity contribution in [3.05, 3.63) is 77.0 Å². The van der Waals surface area contributed by atoms with Crippen LogP contribution in [-0.4, -0.2) is 22.0 Å². The molecule has 0 spiro atoms. The van der Waals surface area contributed by atoms with E-state index in [2.05, 4.69) is 20.8 Å². The van der Waals surface area contributed by atoms with E-state index in [1.807, 2.05) is 26.0 Å². The molecule has 3 heterocycles. The molecular weight excluding hydrogens is 396 g/mol. The Morgan fingerprint density at radius 2 is 1.94 bits per heavy atom. The molecule has 2 N–H and O–H groups in total. The summed E-state index contributed by atoms with van der Waals surface area (Å²) in [4.78, 5) is 29.6. The highest BCUT2D eigenvalue weighted by Gasteiger charge is 2.19. The van der Waals surface area contributed by atoms with Crippen molar-refractivity contribution in [1.82, 2.24) is 15.5 Å². The van der Waals surface area contributed by atoms with E-state index in [1.54, 1.807) is 37.3 Å². The predicted molar refractivity (Wildman–Crippen MR) is 115 cm³/mol. The minimum Gasteiger partial charge on any atom is -0.459 e. The largest absolute Gasteiger partial charge is 0.459 e. The molecule has 8 nitrogen and oxygen atoms in total. The van der Waals surface area contributed by atoms with Gasteiger partial charge in [-0.1, -0.05) is 31.1 Å². The molecule has 0 fully saturated rings. The Bertz CT molecular complexity index is 1240. The van der Waals surface area contributed by atoms with E-state index in [9.17, 15) is 9.59 Å². The number of anilines is 1. The standard InChI is InChI=1S/C23H22N4O4/c1-13(2)18-11-17(20-14(3)27-31-23(20)26-18)21(28)24-12-15-6-4-7-16(10-15)25-22(29)19-8-5-9-30-19/h4-11,13H,12H2,1-3H3,(H,24,28)(H,25,29). The third-order valence-electron chi connectivity index (χ3n) is 4.86. The molecule has 2 amide bonds. The highest BCUT2D eigenvalue weighted by atomic mass is 16.5. The molecular formula is C23H22N4O4. The second-order valence-electron chi connectivity index (χ2n) is 7.51. The number of pyridine rings is 1. The molecule has 8 heteroatoms. The van der Waals surface area contributed by atoms with Crippen molar-refractivity contribution in [3.63, 3.8) is 0 Å². The van der Waals surface area contributed by atoms with Crippen molar-refractivity contribution in [3.8, 4) is 0 Å². The van der Waals surface area contributed by atoms with Gasteiger partial charge in [0.15, 0.2) is 5.76 Å². The Kier molecular flexibility index (Phi) is 5.53. The number of fused-ring (bicyclic) bond motifs is 1. The average molecular weight is 418 g/mol. The fourth-order valence-electron chi connectivity index (χ4n) is 3.23. The first-order valence-electron chi connectivity index (χ1n) is 9.91. The summed E-state index contributed by atoms with van der Waals surface area (Å²) in [5.41, 5.74) is 3.66. The summed E-state index contributed by atoms with van der Waals surface area (Å²) in [5, 5.41) is 10.3. The van der Waals surface area contributed by atoms with E-state index in [4.69, 9.17) is 8.94 Å². The first-order valence-corrected chi connectivity index (χ1v) is 9.91. The average Bonchev–Trinajstić information content (AvgIpc) is 3.42. The summed E-state index contributed by atoms with van der Waals surface area (Å²) in [6, 6.07) is 12.3. The van der Waals surface area contributed by atoms with Crippen LogP contribution >= 0.6 is 0 Å². The number of amides is 2. The van der Waals surface area contributed by atoms with Crippen LogP contribution in [-0.2, 0) is 6.54 Å². The molecule has 0 unspecified atom stereocenters. The maximum Gasteiger partial charge on any atom is 0.291 e. The van der Waals surface area contributed by atoms with Gasteiger partial charge in [0.05, 0.1) is 22.9 Å². The van der Waals surface area contributed by atoms with E-state index in [-0.39, 0.29) is 30.0 Å². The number of rotatable bonds is 6. The van der Waals surface area contributed by atoms with Gasteiger partial charge >= 0.3 is 0 Å². The molecule has 158 valence electrons. The van der Waals surface area contributed by atoms with Gasteiger partial charge in [0.2, 0.25) is 0 Å². The zero-order valence-corrected chi connectivity index (χ0v) is 17.4. The van der Waals surface area contributed by atoms with E-state index >= 15 is 0 Å². The normalized spacial score (nSPS) is 11.1. The quantitative estimate of drug-likeness (QED) is 0.479. The Morgan fingerprint density at radius 1 is 1.10 bits per heavy atom. The predicted octanol–water partition coefficient (Wildman–Crippen LogP) is 4.43. The maximum absolute atomic E-state index is 13.0. The highest BCUT2D eigenvalue weighted by molar-refractivity contribution is 6.06. The van der Waals surface area contributed by atoms with Gasteiger partial charge in [0.25, 0.3) is 17.5 Å². The molecule has 0 aliphatic rings. The van der Waals surface area contributed by atoms with Gasteiger partial charge in [-0.05, 0) is 48.7 Å². The van der Waals surface area contributed by atoms with Gasteiger partial charge in [-0.3, -0.25) is 9.59 Å². The molecule has 0 saturated carbocycles. The molecule has 31 heavy (non-hydrogen) atoms. The van der Waals surface area contributed by atoms with Crippen LogP contribution in [0.3, 0.4) is 0 Å². The molecule has 0 atom stereocenters. The van der Waals surface area contributed by atoms with E-state index in [0.717, 1.165) is 11.3 Å². The lowest BCUT2D eigenvalue weighted by atomic mass is 10.0. The van der Waals surface area contributed by atoms with Crippen LogP contribution in [0.15, 0.2) is 57.7 Å². The fraction of sp³-hybridized carbons (Fsp3) is 0.217. The molecule has 0 saturated heterocycles. The lowest BCUT2D eigenvalue weighted by Crippen LogP contribution is -2.23. The summed E-state index contributed by atoms with van der Waals surface area (Å²) < 4.78 is 10.4. The van der Waals surface area contributed by atoms with E-state index in [0.29, 0.717) is 28.0 Å². The first-order chi connectivity index (χ1) is 14.9. The number of hydrogen-bond acceptors (Lipinski definition) is 6. The lowest BCUT2D eigenvalue weighted by Gasteiger charge is -2.11. The Labute approximate surface area is 178 Å². The van der Waals surface area contributed by atoms with Crippen LogP contribution in [0.2, 0.25) is 0 Å². The number of hydrogen-bond donors (Lipinski definition) is 2. The van der Waals surface area contributed by atoms with Crippen molar-refractivity contribution in [2.45, 2.75) is 33.2 Å². The number of nitrogens with one attached hydrogen (secondary N) is 2. The number of furan rings is 1. The smallest absolute Gasteiger partial charge is 0.291 e. The van der Waals surface area contributed by atoms with Crippen LogP contribution in [0.1, 0.15) is 57.6 Å². The molecule has 4 aromatic rings. The molecule has 0 bridgehead atoms. The monoisotopic (exact) mass is 418 g/mol. The van der Waals surface area contributed by atoms with Gasteiger partial charge in [-0.15, -0.1) is 0 Å². The van der Waals surface area contributed by atoms with Gasteiger partial charge in [0.1, 0.15) is 0 Å². The molecule has 4 rings (SSSR count). The lowest BCUT2D eigenvalue weighted by molar-refractivity contribution is 0.0950. The topological polar surface area (TPSA) is 110 Å². The Morgan fingerprint density at radius 3 is 2.68 bits per heavy atom. The molecule has 0 aliphatic carbocycles. The second kappa shape index (κ2) is 8.43. The van der Waals surface area contributed by atoms with Crippen molar-refractivity contribution in [2.24, 2.45) is 0 Å². The molecule has 3 aromatic heterocycles. The van der Waals surface area contributed by atoms with E-state index in [1.165, 1.54) is 6.26 Å². The Balaban J connectivity index is 1.50. The summed E-state index contributed by atoms with van der Waals surface area (Å²) in [6.07, 6.45) is 1.44.